The lowest BCUT2D eigenvalue weighted by molar-refractivity contribution is -0.144. The van der Waals surface area contributed by atoms with Gasteiger partial charge in [0, 0.05) is 11.8 Å². The second kappa shape index (κ2) is 5.80. The predicted molar refractivity (Wildman–Crippen MR) is 70.4 cm³/mol. The molecule has 0 fully saturated rings. The van der Waals surface area contributed by atoms with Crippen molar-refractivity contribution in [3.05, 3.63) is 35.9 Å². The van der Waals surface area contributed by atoms with E-state index in [1.807, 2.05) is 51.1 Å². The first-order valence-corrected chi connectivity index (χ1v) is 6.10. The molecule has 1 aromatic carbocycles. The van der Waals surface area contributed by atoms with Gasteiger partial charge >= 0.3 is 5.97 Å². The van der Waals surface area contributed by atoms with Gasteiger partial charge in [-0.15, -0.1) is 0 Å². The maximum Gasteiger partial charge on any atom is 0.307 e. The number of carbonyl (C=O) groups excluding carboxylic acids is 1. The van der Waals surface area contributed by atoms with Crippen LogP contribution in [-0.4, -0.2) is 16.9 Å². The minimum Gasteiger partial charge on any atom is -0.481 e. The van der Waals surface area contributed by atoms with Crippen molar-refractivity contribution in [1.29, 1.82) is 0 Å². The predicted octanol–water partition coefficient (Wildman–Crippen LogP) is 2.94. The Bertz CT molecular complexity index is 415. The van der Waals surface area contributed by atoms with Gasteiger partial charge in [0.1, 0.15) is 5.78 Å². The molecule has 18 heavy (non-hydrogen) atoms. The smallest absolute Gasteiger partial charge is 0.307 e. The lowest BCUT2D eigenvalue weighted by Crippen LogP contribution is -2.27. The standard InChI is InChI=1S/C15H20O3/c1-15(2,3)13(16)10-12(14(17)18)9-11-7-5-4-6-8-11/h4-8,12H,9-10H2,1-3H3,(H,17,18)/t12-/m1/s1. The first-order chi connectivity index (χ1) is 8.30. The molecule has 0 bridgehead atoms. The van der Waals surface area contributed by atoms with E-state index in [-0.39, 0.29) is 12.2 Å². The van der Waals surface area contributed by atoms with E-state index < -0.39 is 17.3 Å². The SMILES string of the molecule is CC(C)(C)C(=O)C[C@@H](Cc1ccccc1)C(=O)O. The monoisotopic (exact) mass is 248 g/mol. The van der Waals surface area contributed by atoms with E-state index in [0.29, 0.717) is 6.42 Å². The van der Waals surface area contributed by atoms with Gasteiger partial charge in [0.25, 0.3) is 0 Å². The summed E-state index contributed by atoms with van der Waals surface area (Å²) >= 11 is 0. The average Bonchev–Trinajstić information content (AvgIpc) is 2.28. The molecular formula is C15H20O3. The van der Waals surface area contributed by atoms with E-state index in [0.717, 1.165) is 5.56 Å². The summed E-state index contributed by atoms with van der Waals surface area (Å²) in [5, 5.41) is 9.20. The van der Waals surface area contributed by atoms with Gasteiger partial charge in [-0.05, 0) is 12.0 Å². The summed E-state index contributed by atoms with van der Waals surface area (Å²) < 4.78 is 0. The first-order valence-electron chi connectivity index (χ1n) is 6.10. The van der Waals surface area contributed by atoms with Crippen LogP contribution >= 0.6 is 0 Å². The molecule has 0 aliphatic rings. The van der Waals surface area contributed by atoms with Crippen LogP contribution in [0.25, 0.3) is 0 Å². The highest BCUT2D eigenvalue weighted by Crippen LogP contribution is 2.22. The van der Waals surface area contributed by atoms with Crippen molar-refractivity contribution in [2.24, 2.45) is 11.3 Å². The number of ketones is 1. The summed E-state index contributed by atoms with van der Waals surface area (Å²) in [7, 11) is 0. The second-order valence-corrected chi connectivity index (χ2v) is 5.60. The highest BCUT2D eigenvalue weighted by Gasteiger charge is 2.28. The largest absolute Gasteiger partial charge is 0.481 e. The maximum absolute atomic E-state index is 11.9. The average molecular weight is 248 g/mol. The molecule has 0 aliphatic carbocycles. The van der Waals surface area contributed by atoms with E-state index in [1.165, 1.54) is 0 Å². The van der Waals surface area contributed by atoms with E-state index in [4.69, 9.17) is 0 Å². The molecule has 1 atom stereocenters. The van der Waals surface area contributed by atoms with Crippen LogP contribution in [0.5, 0.6) is 0 Å². The molecule has 0 heterocycles. The second-order valence-electron chi connectivity index (χ2n) is 5.60. The molecular weight excluding hydrogens is 228 g/mol. The maximum atomic E-state index is 11.9. The van der Waals surface area contributed by atoms with E-state index in [2.05, 4.69) is 0 Å². The van der Waals surface area contributed by atoms with Gasteiger partial charge in [-0.3, -0.25) is 9.59 Å². The summed E-state index contributed by atoms with van der Waals surface area (Å²) in [5.74, 6) is -1.55. The zero-order valence-corrected chi connectivity index (χ0v) is 11.1. The Morgan fingerprint density at radius 1 is 1.17 bits per heavy atom. The van der Waals surface area contributed by atoms with Gasteiger partial charge in [0.05, 0.1) is 5.92 Å². The van der Waals surface area contributed by atoms with Crippen LogP contribution in [0.1, 0.15) is 32.8 Å². The number of carboxylic acids is 1. The van der Waals surface area contributed by atoms with Crippen LogP contribution in [0, 0.1) is 11.3 Å². The summed E-state index contributed by atoms with van der Waals surface area (Å²) in [4.78, 5) is 23.1. The molecule has 3 heteroatoms. The minimum atomic E-state index is -0.906. The molecule has 3 nitrogen and oxygen atoms in total. The van der Waals surface area contributed by atoms with Gasteiger partial charge in [-0.25, -0.2) is 0 Å². The van der Waals surface area contributed by atoms with Crippen LogP contribution in [-0.2, 0) is 16.0 Å². The van der Waals surface area contributed by atoms with Crippen molar-refractivity contribution in [1.82, 2.24) is 0 Å². The lowest BCUT2D eigenvalue weighted by atomic mass is 9.83. The summed E-state index contributed by atoms with van der Waals surface area (Å²) in [5.41, 5.74) is 0.469. The molecule has 0 aromatic heterocycles. The number of hydrogen-bond acceptors (Lipinski definition) is 2. The van der Waals surface area contributed by atoms with Gasteiger partial charge in [-0.2, -0.15) is 0 Å². The lowest BCUT2D eigenvalue weighted by Gasteiger charge is -2.19. The fourth-order valence-electron chi connectivity index (χ4n) is 1.68. The highest BCUT2D eigenvalue weighted by atomic mass is 16.4. The van der Waals surface area contributed by atoms with Crippen molar-refractivity contribution in [3.8, 4) is 0 Å². The molecule has 0 aliphatic heterocycles. The number of aliphatic carboxylic acids is 1. The number of benzene rings is 1. The highest BCUT2D eigenvalue weighted by molar-refractivity contribution is 5.87. The van der Waals surface area contributed by atoms with Crippen molar-refractivity contribution in [2.75, 3.05) is 0 Å². The Balaban J connectivity index is 2.73. The number of hydrogen-bond donors (Lipinski definition) is 1. The quantitative estimate of drug-likeness (QED) is 0.871. The fourth-order valence-corrected chi connectivity index (χ4v) is 1.68. The van der Waals surface area contributed by atoms with Crippen molar-refractivity contribution >= 4 is 11.8 Å². The van der Waals surface area contributed by atoms with Crippen LogP contribution in [0.4, 0.5) is 0 Å². The summed E-state index contributed by atoms with van der Waals surface area (Å²) in [6.07, 6.45) is 0.492. The molecule has 1 aromatic rings. The van der Waals surface area contributed by atoms with E-state index in [1.54, 1.807) is 0 Å². The molecule has 0 saturated carbocycles. The Hall–Kier alpha value is -1.64. The molecule has 0 radical (unpaired) electrons. The molecule has 1 N–H and O–H groups in total. The normalized spacial score (nSPS) is 13.1. The number of Topliss-reactive ketones (excluding diaryl/α,β-unsaturated/α-hetero) is 1. The minimum absolute atomic E-state index is 0.00849. The fraction of sp³-hybridized carbons (Fsp3) is 0.467. The van der Waals surface area contributed by atoms with E-state index >= 15 is 0 Å². The number of carboxylic acid groups (broad SMARTS) is 1. The molecule has 0 spiro atoms. The van der Waals surface area contributed by atoms with Gasteiger partial charge in [0.15, 0.2) is 0 Å². The van der Waals surface area contributed by atoms with Crippen LogP contribution in [0.3, 0.4) is 0 Å². The van der Waals surface area contributed by atoms with Gasteiger partial charge < -0.3 is 5.11 Å². The topological polar surface area (TPSA) is 54.4 Å². The van der Waals surface area contributed by atoms with Crippen molar-refractivity contribution < 1.29 is 14.7 Å². The van der Waals surface area contributed by atoms with Gasteiger partial charge in [0.2, 0.25) is 0 Å². The Morgan fingerprint density at radius 3 is 2.17 bits per heavy atom. The molecule has 98 valence electrons. The zero-order chi connectivity index (χ0) is 13.8. The van der Waals surface area contributed by atoms with Crippen LogP contribution < -0.4 is 0 Å². The van der Waals surface area contributed by atoms with Crippen LogP contribution in [0.15, 0.2) is 30.3 Å². The molecule has 0 unspecified atom stereocenters. The Labute approximate surface area is 108 Å². The van der Waals surface area contributed by atoms with Crippen molar-refractivity contribution in [2.45, 2.75) is 33.6 Å². The third-order valence-corrected chi connectivity index (χ3v) is 2.94. The molecule has 0 amide bonds. The summed E-state index contributed by atoms with van der Waals surface area (Å²) in [6.45, 7) is 5.45. The third kappa shape index (κ3) is 4.32. The molecule has 1 rings (SSSR count). The van der Waals surface area contributed by atoms with Crippen LogP contribution in [0.2, 0.25) is 0 Å². The summed E-state index contributed by atoms with van der Waals surface area (Å²) in [6, 6.07) is 9.41. The zero-order valence-electron chi connectivity index (χ0n) is 11.1. The first kappa shape index (κ1) is 14.4. The van der Waals surface area contributed by atoms with Gasteiger partial charge in [-0.1, -0.05) is 51.1 Å². The van der Waals surface area contributed by atoms with E-state index in [9.17, 15) is 14.7 Å². The Morgan fingerprint density at radius 2 is 1.72 bits per heavy atom. The molecule has 0 saturated heterocycles. The number of carbonyl (C=O) groups is 2. The number of rotatable bonds is 5. The van der Waals surface area contributed by atoms with Crippen molar-refractivity contribution in [3.63, 3.8) is 0 Å². The Kier molecular flexibility index (Phi) is 4.65. The third-order valence-electron chi connectivity index (χ3n) is 2.94.